The molecule has 2 N–H and O–H groups in total. The van der Waals surface area contributed by atoms with Gasteiger partial charge in [-0.25, -0.2) is 4.79 Å². The van der Waals surface area contributed by atoms with Gasteiger partial charge in [0, 0.05) is 24.5 Å². The summed E-state index contributed by atoms with van der Waals surface area (Å²) in [5, 5.41) is 0.750. The maximum absolute atomic E-state index is 12.8. The molecule has 1 aromatic heterocycles. The number of para-hydroxylation sites is 1. The summed E-state index contributed by atoms with van der Waals surface area (Å²) in [6.07, 6.45) is 1.81. The molecule has 0 aliphatic carbocycles. The normalized spacial score (nSPS) is 21.0. The zero-order chi connectivity index (χ0) is 15.7. The molecule has 2 aromatic rings. The summed E-state index contributed by atoms with van der Waals surface area (Å²) >= 11 is 0. The van der Waals surface area contributed by atoms with E-state index in [1.165, 1.54) is 0 Å². The maximum Gasteiger partial charge on any atom is 0.349 e. The van der Waals surface area contributed by atoms with Gasteiger partial charge in [0.05, 0.1) is 0 Å². The van der Waals surface area contributed by atoms with Crippen molar-refractivity contribution in [2.45, 2.75) is 25.8 Å². The van der Waals surface area contributed by atoms with Crippen LogP contribution >= 0.6 is 12.4 Å². The maximum atomic E-state index is 12.8. The third-order valence-electron chi connectivity index (χ3n) is 4.38. The van der Waals surface area contributed by atoms with Gasteiger partial charge in [-0.15, -0.1) is 12.4 Å². The van der Waals surface area contributed by atoms with Crippen molar-refractivity contribution in [1.82, 2.24) is 4.90 Å². The van der Waals surface area contributed by atoms with Crippen molar-refractivity contribution in [2.24, 2.45) is 11.7 Å². The molecule has 3 rings (SSSR count). The first kappa shape index (κ1) is 17.5. The molecule has 2 heterocycles. The summed E-state index contributed by atoms with van der Waals surface area (Å²) in [6.45, 7) is 3.21. The Kier molecular flexibility index (Phi) is 5.44. The van der Waals surface area contributed by atoms with E-state index >= 15 is 0 Å². The fourth-order valence-corrected chi connectivity index (χ4v) is 3.11. The molecular weight excluding hydrogens is 316 g/mol. The van der Waals surface area contributed by atoms with Crippen LogP contribution in [0.4, 0.5) is 0 Å². The number of fused-ring (bicyclic) bond motifs is 1. The fourth-order valence-electron chi connectivity index (χ4n) is 3.11. The van der Waals surface area contributed by atoms with Gasteiger partial charge >= 0.3 is 5.63 Å². The number of nitrogens with zero attached hydrogens (tertiary/aromatic N) is 1. The first-order valence-corrected chi connectivity index (χ1v) is 7.64. The van der Waals surface area contributed by atoms with Gasteiger partial charge in [0.1, 0.15) is 11.1 Å². The minimum absolute atomic E-state index is 0. The molecule has 1 amide bonds. The van der Waals surface area contributed by atoms with E-state index in [0.29, 0.717) is 24.6 Å². The van der Waals surface area contributed by atoms with Crippen LogP contribution in [-0.2, 0) is 0 Å². The van der Waals surface area contributed by atoms with Crippen LogP contribution in [0.25, 0.3) is 11.0 Å². The monoisotopic (exact) mass is 336 g/mol. The lowest BCUT2D eigenvalue weighted by atomic mass is 9.92. The van der Waals surface area contributed by atoms with Crippen molar-refractivity contribution in [3.8, 4) is 0 Å². The van der Waals surface area contributed by atoms with E-state index in [-0.39, 0.29) is 29.9 Å². The second-order valence-corrected chi connectivity index (χ2v) is 6.00. The number of rotatable bonds is 2. The molecule has 0 radical (unpaired) electrons. The number of amides is 1. The average Bonchev–Trinajstić information content (AvgIpc) is 2.53. The highest BCUT2D eigenvalue weighted by Gasteiger charge is 2.31. The third kappa shape index (κ3) is 3.41. The molecule has 1 aliphatic heterocycles. The van der Waals surface area contributed by atoms with Crippen LogP contribution in [0, 0.1) is 5.92 Å². The Morgan fingerprint density at radius 2 is 2.13 bits per heavy atom. The van der Waals surface area contributed by atoms with E-state index in [1.807, 2.05) is 12.1 Å². The topological polar surface area (TPSA) is 76.5 Å². The number of piperidine rings is 1. The van der Waals surface area contributed by atoms with Gasteiger partial charge in [-0.1, -0.05) is 25.1 Å². The van der Waals surface area contributed by atoms with E-state index in [1.54, 1.807) is 23.1 Å². The minimum atomic E-state index is -0.585. The SMILES string of the molecule is CC1CCN(C(=O)c2cc3ccccc3oc2=O)C(CN)C1.Cl. The smallest absolute Gasteiger partial charge is 0.349 e. The van der Waals surface area contributed by atoms with E-state index in [9.17, 15) is 9.59 Å². The van der Waals surface area contributed by atoms with Crippen molar-refractivity contribution in [1.29, 1.82) is 0 Å². The molecular formula is C17H21ClN2O3. The zero-order valence-corrected chi connectivity index (χ0v) is 13.8. The Morgan fingerprint density at radius 1 is 1.39 bits per heavy atom. The zero-order valence-electron chi connectivity index (χ0n) is 13.0. The van der Waals surface area contributed by atoms with E-state index in [4.69, 9.17) is 10.2 Å². The predicted molar refractivity (Wildman–Crippen MR) is 92.0 cm³/mol. The average molecular weight is 337 g/mol. The fraction of sp³-hybridized carbons (Fsp3) is 0.412. The van der Waals surface area contributed by atoms with Gasteiger partial charge in [0.25, 0.3) is 5.91 Å². The third-order valence-corrected chi connectivity index (χ3v) is 4.38. The van der Waals surface area contributed by atoms with Crippen LogP contribution in [-0.4, -0.2) is 29.9 Å². The van der Waals surface area contributed by atoms with Crippen LogP contribution in [0.15, 0.2) is 39.5 Å². The first-order chi connectivity index (χ1) is 10.6. The summed E-state index contributed by atoms with van der Waals surface area (Å²) in [5.74, 6) is 0.271. The number of benzene rings is 1. The molecule has 124 valence electrons. The van der Waals surface area contributed by atoms with Crippen molar-refractivity contribution >= 4 is 29.3 Å². The van der Waals surface area contributed by atoms with Gasteiger partial charge in [0.15, 0.2) is 0 Å². The van der Waals surface area contributed by atoms with Crippen LogP contribution in [0.5, 0.6) is 0 Å². The molecule has 0 bridgehead atoms. The number of carbonyl (C=O) groups excluding carboxylic acids is 1. The summed E-state index contributed by atoms with van der Waals surface area (Å²) in [6, 6.07) is 8.80. The lowest BCUT2D eigenvalue weighted by molar-refractivity contribution is 0.0569. The molecule has 1 aliphatic rings. The van der Waals surface area contributed by atoms with E-state index in [0.717, 1.165) is 18.2 Å². The van der Waals surface area contributed by atoms with Crippen molar-refractivity contribution in [3.05, 3.63) is 46.3 Å². The molecule has 0 spiro atoms. The van der Waals surface area contributed by atoms with Crippen LogP contribution < -0.4 is 11.4 Å². The second-order valence-electron chi connectivity index (χ2n) is 6.00. The summed E-state index contributed by atoms with van der Waals surface area (Å²) < 4.78 is 5.26. The number of nitrogens with two attached hydrogens (primary N) is 1. The molecule has 23 heavy (non-hydrogen) atoms. The van der Waals surface area contributed by atoms with Crippen LogP contribution in [0.1, 0.15) is 30.1 Å². The van der Waals surface area contributed by atoms with E-state index < -0.39 is 5.63 Å². The van der Waals surface area contributed by atoms with Gasteiger partial charge in [-0.05, 0) is 30.9 Å². The summed E-state index contributed by atoms with van der Waals surface area (Å²) in [4.78, 5) is 26.6. The predicted octanol–water partition coefficient (Wildman–Crippen LogP) is 2.41. The molecule has 2 unspecified atom stereocenters. The highest BCUT2D eigenvalue weighted by molar-refractivity contribution is 5.96. The van der Waals surface area contributed by atoms with Crippen molar-refractivity contribution in [3.63, 3.8) is 0 Å². The summed E-state index contributed by atoms with van der Waals surface area (Å²) in [5.41, 5.74) is 5.80. The summed E-state index contributed by atoms with van der Waals surface area (Å²) in [7, 11) is 0. The quantitative estimate of drug-likeness (QED) is 0.854. The minimum Gasteiger partial charge on any atom is -0.422 e. The van der Waals surface area contributed by atoms with E-state index in [2.05, 4.69) is 6.92 Å². The van der Waals surface area contributed by atoms with Crippen molar-refractivity contribution < 1.29 is 9.21 Å². The number of likely N-dealkylation sites (tertiary alicyclic amines) is 1. The Bertz CT molecular complexity index is 759. The second kappa shape index (κ2) is 7.15. The number of hydrogen-bond donors (Lipinski definition) is 1. The van der Waals surface area contributed by atoms with Gasteiger partial charge in [0.2, 0.25) is 0 Å². The van der Waals surface area contributed by atoms with Gasteiger partial charge in [-0.2, -0.15) is 0 Å². The Labute approximate surface area is 140 Å². The molecule has 6 heteroatoms. The highest BCUT2D eigenvalue weighted by Crippen LogP contribution is 2.23. The standard InChI is InChI=1S/C17H20N2O3.ClH/c1-11-6-7-19(13(8-11)10-18)16(20)14-9-12-4-2-3-5-15(12)22-17(14)21;/h2-5,9,11,13H,6-8,10,18H2,1H3;1H. The molecule has 2 atom stereocenters. The van der Waals surface area contributed by atoms with Gasteiger partial charge in [-0.3, -0.25) is 4.79 Å². The van der Waals surface area contributed by atoms with Gasteiger partial charge < -0.3 is 15.1 Å². The Morgan fingerprint density at radius 3 is 2.87 bits per heavy atom. The first-order valence-electron chi connectivity index (χ1n) is 7.64. The largest absolute Gasteiger partial charge is 0.422 e. The molecule has 0 saturated carbocycles. The lowest BCUT2D eigenvalue weighted by Gasteiger charge is -2.37. The van der Waals surface area contributed by atoms with Crippen molar-refractivity contribution in [2.75, 3.05) is 13.1 Å². The highest BCUT2D eigenvalue weighted by atomic mass is 35.5. The molecule has 1 aromatic carbocycles. The molecule has 5 nitrogen and oxygen atoms in total. The van der Waals surface area contributed by atoms with Crippen LogP contribution in [0.3, 0.4) is 0 Å². The molecule has 1 saturated heterocycles. The lowest BCUT2D eigenvalue weighted by Crippen LogP contribution is -2.50. The van der Waals surface area contributed by atoms with Crippen LogP contribution in [0.2, 0.25) is 0 Å². The molecule has 1 fully saturated rings. The number of halogens is 1. The number of hydrogen-bond acceptors (Lipinski definition) is 4. The number of carbonyl (C=O) groups is 1. The Balaban J connectivity index is 0.00000192. The Hall–Kier alpha value is -1.85.